The number of carbonyl (C=O) groups is 1. The Hall–Kier alpha value is -2.24. The van der Waals surface area contributed by atoms with Gasteiger partial charge in [-0.3, -0.25) is 4.79 Å². The van der Waals surface area contributed by atoms with Crippen LogP contribution >= 0.6 is 0 Å². The van der Waals surface area contributed by atoms with Crippen molar-refractivity contribution in [3.8, 4) is 5.88 Å². The third-order valence-electron chi connectivity index (χ3n) is 4.00. The van der Waals surface area contributed by atoms with Gasteiger partial charge in [-0.2, -0.15) is 21.0 Å². The molecule has 1 amide bonds. The van der Waals surface area contributed by atoms with Crippen LogP contribution < -0.4 is 72.1 Å². The summed E-state index contributed by atoms with van der Waals surface area (Å²) in [6.07, 6.45) is 7.43. The summed E-state index contributed by atoms with van der Waals surface area (Å²) in [5.74, 6) is 0.0584. The predicted molar refractivity (Wildman–Crippen MR) is 108 cm³/mol. The van der Waals surface area contributed by atoms with E-state index in [1.165, 1.54) is 18.3 Å². The van der Waals surface area contributed by atoms with E-state index in [-0.39, 0.29) is 68.9 Å². The number of amides is 1. The molecule has 156 valence electrons. The van der Waals surface area contributed by atoms with Crippen LogP contribution in [0.4, 0.5) is 20.3 Å². The first-order valence-corrected chi connectivity index (χ1v) is 9.00. The van der Waals surface area contributed by atoms with Crippen LogP contribution in [-0.2, 0) is 0 Å². The number of carbonyl (C=O) groups excluding carboxylic acids is 1. The van der Waals surface area contributed by atoms with E-state index in [2.05, 4.69) is 36.9 Å². The van der Waals surface area contributed by atoms with E-state index >= 15 is 0 Å². The molecule has 0 aliphatic carbocycles. The fraction of sp³-hybridized carbons (Fsp3) is 0.143. The second-order valence-corrected chi connectivity index (χ2v) is 6.16. The number of aromatic nitrogens is 2. The number of pyridine rings is 1. The third kappa shape index (κ3) is 8.07. The zero-order valence-electron chi connectivity index (χ0n) is 17.0. The molecule has 3 aromatic rings. The van der Waals surface area contributed by atoms with Crippen LogP contribution in [0.25, 0.3) is 0 Å². The Bertz CT molecular complexity index is 982. The van der Waals surface area contributed by atoms with E-state index < -0.39 is 12.5 Å². The summed E-state index contributed by atoms with van der Waals surface area (Å²) >= 11 is 0. The molecule has 0 radical (unpaired) electrons. The number of hydrogen-bond acceptors (Lipinski definition) is 6. The maximum atomic E-state index is 12.4. The number of ether oxygens (including phenoxy) is 1. The summed E-state index contributed by atoms with van der Waals surface area (Å²) in [5, 5.41) is 8.83. The number of nitrogens with one attached hydrogen (secondary N) is 3. The van der Waals surface area contributed by atoms with Crippen molar-refractivity contribution in [3.05, 3.63) is 84.5 Å². The van der Waals surface area contributed by atoms with Crippen molar-refractivity contribution >= 4 is 17.4 Å². The van der Waals surface area contributed by atoms with E-state index in [9.17, 15) is 13.6 Å². The first kappa shape index (κ1) is 25.0. The van der Waals surface area contributed by atoms with Crippen molar-refractivity contribution in [1.29, 1.82) is 0 Å². The fourth-order valence-corrected chi connectivity index (χ4v) is 2.51. The molecule has 10 heteroatoms. The molecule has 0 fully saturated rings. The van der Waals surface area contributed by atoms with Crippen molar-refractivity contribution in [2.24, 2.45) is 0 Å². The average Bonchev–Trinajstić information content (AvgIpc) is 3.25. The van der Waals surface area contributed by atoms with Gasteiger partial charge in [0.1, 0.15) is 0 Å². The molecule has 1 atom stereocenters. The van der Waals surface area contributed by atoms with E-state index in [0.717, 1.165) is 11.4 Å². The first-order valence-electron chi connectivity index (χ1n) is 9.00. The molecule has 0 aliphatic heterocycles. The Balaban J connectivity index is 0.00000341. The Labute approximate surface area is 221 Å². The second kappa shape index (κ2) is 12.6. The summed E-state index contributed by atoms with van der Waals surface area (Å²) in [7, 11) is 0. The minimum Gasteiger partial charge on any atom is -0.560 e. The summed E-state index contributed by atoms with van der Waals surface area (Å²) in [5.41, 5.74) is 1.73. The largest absolute Gasteiger partial charge is 1.00 e. The first-order chi connectivity index (χ1) is 14.5. The van der Waals surface area contributed by atoms with E-state index in [1.807, 2.05) is 37.3 Å². The minimum absolute atomic E-state index is 0. The Morgan fingerprint density at radius 2 is 2.10 bits per heavy atom. The normalized spacial score (nSPS) is 11.6. The van der Waals surface area contributed by atoms with Gasteiger partial charge in [0.25, 0.3) is 5.91 Å². The van der Waals surface area contributed by atoms with Gasteiger partial charge in [0.05, 0.1) is 5.56 Å². The molecule has 0 saturated carbocycles. The van der Waals surface area contributed by atoms with Crippen LogP contribution in [-0.4, -0.2) is 22.5 Å². The maximum absolute atomic E-state index is 12.4. The SMILES string of the molecule is CC(N[C-]=CNc1[cH-]ccn1)c1cccc(NC(=O)c2ccc(OC(F)F)nc2)c1.[K+]. The van der Waals surface area contributed by atoms with Gasteiger partial charge in [0.2, 0.25) is 5.88 Å². The van der Waals surface area contributed by atoms with Crippen LogP contribution in [0.3, 0.4) is 0 Å². The van der Waals surface area contributed by atoms with Crippen molar-refractivity contribution in [3.63, 3.8) is 0 Å². The van der Waals surface area contributed by atoms with Gasteiger partial charge in [0.15, 0.2) is 0 Å². The second-order valence-electron chi connectivity index (χ2n) is 6.16. The van der Waals surface area contributed by atoms with Crippen LogP contribution in [0, 0.1) is 6.20 Å². The Morgan fingerprint density at radius 3 is 2.77 bits per heavy atom. The average molecular weight is 451 g/mol. The standard InChI is InChI=1S/C21H19F2N5O2.K/c1-14(24-10-11-26-18-6-3-9-25-18)15-4-2-5-17(12-15)28-20(29)16-7-8-19(27-13-16)30-21(22)23;/h2-9,11-14,21,24H,1H3,(H,25,26)(H,28,29);/q-2;+1. The molecule has 1 unspecified atom stereocenters. The maximum Gasteiger partial charge on any atom is 1.00 e. The number of benzene rings is 1. The summed E-state index contributed by atoms with van der Waals surface area (Å²) in [4.78, 5) is 20.1. The Morgan fingerprint density at radius 1 is 1.26 bits per heavy atom. The van der Waals surface area contributed by atoms with Gasteiger partial charge in [0, 0.05) is 29.8 Å². The van der Waals surface area contributed by atoms with Gasteiger partial charge in [-0.05, 0) is 30.7 Å². The van der Waals surface area contributed by atoms with Gasteiger partial charge in [-0.25, -0.2) is 11.1 Å². The number of nitrogens with zero attached hydrogens (tertiary/aromatic N) is 2. The molecule has 2 aromatic heterocycles. The quantitative estimate of drug-likeness (QED) is 0.257. The third-order valence-corrected chi connectivity index (χ3v) is 4.00. The number of anilines is 2. The molecule has 7 nitrogen and oxygen atoms in total. The van der Waals surface area contributed by atoms with Crippen LogP contribution in [0.1, 0.15) is 28.9 Å². The summed E-state index contributed by atoms with van der Waals surface area (Å²) < 4.78 is 28.5. The Kier molecular flexibility index (Phi) is 10.1. The van der Waals surface area contributed by atoms with E-state index in [1.54, 1.807) is 18.5 Å². The zero-order chi connectivity index (χ0) is 21.3. The number of alkyl halides is 2. The van der Waals surface area contributed by atoms with Crippen molar-refractivity contribution in [2.45, 2.75) is 19.6 Å². The molecule has 0 bridgehead atoms. The van der Waals surface area contributed by atoms with Gasteiger partial charge in [-0.15, -0.1) is 6.20 Å². The predicted octanol–water partition coefficient (Wildman–Crippen LogP) is 1.09. The molecular weight excluding hydrogens is 431 g/mol. The topological polar surface area (TPSA) is 88.2 Å². The monoisotopic (exact) mass is 450 g/mol. The molecule has 3 rings (SSSR count). The summed E-state index contributed by atoms with van der Waals surface area (Å²) in [6, 6.07) is 13.5. The minimum atomic E-state index is -2.97. The van der Waals surface area contributed by atoms with Crippen LogP contribution in [0.5, 0.6) is 5.88 Å². The van der Waals surface area contributed by atoms with E-state index in [0.29, 0.717) is 5.69 Å². The number of hydrogen-bond donors (Lipinski definition) is 3. The molecule has 0 saturated heterocycles. The fourth-order valence-electron chi connectivity index (χ4n) is 2.51. The van der Waals surface area contributed by atoms with Crippen LogP contribution in [0.2, 0.25) is 0 Å². The van der Waals surface area contributed by atoms with Crippen molar-refractivity contribution in [1.82, 2.24) is 15.3 Å². The zero-order valence-corrected chi connectivity index (χ0v) is 20.1. The van der Waals surface area contributed by atoms with Crippen molar-refractivity contribution < 1.29 is 69.7 Å². The molecule has 3 N–H and O–H groups in total. The number of halogens is 2. The molecule has 31 heavy (non-hydrogen) atoms. The van der Waals surface area contributed by atoms with Gasteiger partial charge < -0.3 is 31.9 Å². The molecule has 1 aromatic carbocycles. The van der Waals surface area contributed by atoms with Crippen LogP contribution in [0.15, 0.2) is 67.1 Å². The number of rotatable bonds is 9. The van der Waals surface area contributed by atoms with E-state index in [4.69, 9.17) is 0 Å². The molecule has 0 spiro atoms. The smallest absolute Gasteiger partial charge is 0.560 e. The van der Waals surface area contributed by atoms with Gasteiger partial charge >= 0.3 is 58.0 Å². The summed E-state index contributed by atoms with van der Waals surface area (Å²) in [6.45, 7) is -1.01. The molecule has 2 heterocycles. The molecular formula is C21H19F2KN5O2-. The molecule has 0 aliphatic rings. The van der Waals surface area contributed by atoms with Gasteiger partial charge in [-0.1, -0.05) is 12.1 Å². The van der Waals surface area contributed by atoms with Crippen molar-refractivity contribution in [2.75, 3.05) is 10.6 Å².